The Bertz CT molecular complexity index is 1400. The summed E-state index contributed by atoms with van der Waals surface area (Å²) in [7, 11) is 1.98. The highest BCUT2D eigenvalue weighted by molar-refractivity contribution is 6.03. The number of likely N-dealkylation sites (N-methyl/N-ethyl adjacent to an activating group) is 1. The highest BCUT2D eigenvalue weighted by atomic mass is 16.5. The number of nitrogens with zero attached hydrogens (tertiary/aromatic N) is 3. The fraction of sp³-hybridized carbons (Fsp3) is 0.148. The molecule has 0 saturated heterocycles. The number of fused-ring (bicyclic) bond motifs is 1. The average molecular weight is 455 g/mol. The smallest absolute Gasteiger partial charge is 0.346 e. The van der Waals surface area contributed by atoms with Gasteiger partial charge < -0.3 is 15.3 Å². The zero-order chi connectivity index (χ0) is 24.1. The molecule has 0 radical (unpaired) electrons. The number of hydrogen-bond acceptors (Lipinski definition) is 4. The van der Waals surface area contributed by atoms with E-state index in [0.29, 0.717) is 27.9 Å². The number of benzene rings is 3. The van der Waals surface area contributed by atoms with E-state index in [1.54, 1.807) is 36.4 Å². The minimum absolute atomic E-state index is 0.0480. The molecule has 0 aliphatic heterocycles. The Balaban J connectivity index is 1.58. The van der Waals surface area contributed by atoms with Crippen LogP contribution >= 0.6 is 0 Å². The third-order valence-electron chi connectivity index (χ3n) is 5.55. The molecule has 0 fully saturated rings. The van der Waals surface area contributed by atoms with E-state index >= 15 is 0 Å². The van der Waals surface area contributed by atoms with Crippen LogP contribution in [0.4, 0.5) is 5.69 Å². The number of nitrogens with one attached hydrogen (secondary N) is 1. The van der Waals surface area contributed by atoms with Crippen LogP contribution in [0.25, 0.3) is 17.1 Å². The molecule has 34 heavy (non-hydrogen) atoms. The van der Waals surface area contributed by atoms with Gasteiger partial charge in [-0.05, 0) is 43.3 Å². The van der Waals surface area contributed by atoms with Crippen molar-refractivity contribution in [3.05, 3.63) is 118 Å². The topological polar surface area (TPSA) is 83.3 Å². The second-order valence-corrected chi connectivity index (χ2v) is 8.18. The van der Waals surface area contributed by atoms with Crippen LogP contribution in [0.5, 0.6) is 0 Å². The second-order valence-electron chi connectivity index (χ2n) is 8.18. The van der Waals surface area contributed by atoms with Crippen molar-refractivity contribution in [2.75, 3.05) is 18.9 Å². The number of amides is 1. The number of anilines is 1. The van der Waals surface area contributed by atoms with E-state index in [0.717, 1.165) is 11.1 Å². The van der Waals surface area contributed by atoms with Crippen LogP contribution in [0.3, 0.4) is 0 Å². The molecule has 0 unspecified atom stereocenters. The lowest BCUT2D eigenvalue weighted by molar-refractivity contribution is -0.468. The Kier molecular flexibility index (Phi) is 6.85. The van der Waals surface area contributed by atoms with Gasteiger partial charge in [0.2, 0.25) is 0 Å². The lowest BCUT2D eigenvalue weighted by Crippen LogP contribution is -2.33. The summed E-state index contributed by atoms with van der Waals surface area (Å²) in [6.45, 7) is 2.76. The van der Waals surface area contributed by atoms with Crippen molar-refractivity contribution in [3.8, 4) is 0 Å². The molecule has 7 heteroatoms. The van der Waals surface area contributed by atoms with Crippen molar-refractivity contribution in [1.82, 2.24) is 9.63 Å². The van der Waals surface area contributed by atoms with E-state index in [1.165, 1.54) is 6.92 Å². The molecule has 3 aromatic carbocycles. The number of rotatable bonds is 7. The number of carbonyl (C=O) groups is 1. The Morgan fingerprint density at radius 2 is 1.74 bits per heavy atom. The van der Waals surface area contributed by atoms with Gasteiger partial charge >= 0.3 is 11.6 Å². The van der Waals surface area contributed by atoms with Gasteiger partial charge in [0.1, 0.15) is 5.52 Å². The summed E-state index contributed by atoms with van der Waals surface area (Å²) >= 11 is 0. The van der Waals surface area contributed by atoms with Crippen LogP contribution in [0.1, 0.15) is 27.3 Å². The predicted octanol–water partition coefficient (Wildman–Crippen LogP) is 4.61. The molecule has 1 aromatic heterocycles. The van der Waals surface area contributed by atoms with Crippen molar-refractivity contribution in [2.24, 2.45) is 0 Å². The van der Waals surface area contributed by atoms with Gasteiger partial charge in [0.05, 0.1) is 10.1 Å². The van der Waals surface area contributed by atoms with Gasteiger partial charge in [0.15, 0.2) is 0 Å². The van der Waals surface area contributed by atoms with Gasteiger partial charge in [-0.25, -0.2) is 0 Å². The summed E-state index contributed by atoms with van der Waals surface area (Å²) in [5, 5.41) is 15.5. The lowest BCUT2D eigenvalue weighted by atomic mass is 10.1. The zero-order valence-electron chi connectivity index (χ0n) is 19.1. The molecule has 7 nitrogen and oxygen atoms in total. The van der Waals surface area contributed by atoms with E-state index in [4.69, 9.17) is 0 Å². The largest absolute Gasteiger partial charge is 0.805 e. The average Bonchev–Trinajstić information content (AvgIpc) is 2.84. The highest BCUT2D eigenvalue weighted by Crippen LogP contribution is 2.18. The van der Waals surface area contributed by atoms with Gasteiger partial charge in [-0.3, -0.25) is 9.69 Å². The molecule has 0 bridgehead atoms. The van der Waals surface area contributed by atoms with Crippen LogP contribution in [0.15, 0.2) is 84.9 Å². The highest BCUT2D eigenvalue weighted by Gasteiger charge is 2.27. The fourth-order valence-electron chi connectivity index (χ4n) is 3.82. The third-order valence-corrected chi connectivity index (χ3v) is 5.55. The summed E-state index contributed by atoms with van der Waals surface area (Å²) in [4.78, 5) is 28.1. The van der Waals surface area contributed by atoms with Gasteiger partial charge in [-0.1, -0.05) is 66.7 Å². The van der Waals surface area contributed by atoms with Gasteiger partial charge in [0, 0.05) is 29.8 Å². The molecule has 0 aliphatic rings. The van der Waals surface area contributed by atoms with Crippen molar-refractivity contribution in [3.63, 3.8) is 0 Å². The first kappa shape index (κ1) is 22.9. The Morgan fingerprint density at radius 3 is 2.44 bits per heavy atom. The van der Waals surface area contributed by atoms with E-state index in [2.05, 4.69) is 22.4 Å². The summed E-state index contributed by atoms with van der Waals surface area (Å²) in [5.74, 6) is -0.626. The van der Waals surface area contributed by atoms with Gasteiger partial charge in [0.25, 0.3) is 5.52 Å². The molecular weight excluding hydrogens is 428 g/mol. The number of para-hydroxylation sites is 1. The Morgan fingerprint density at radius 1 is 1.06 bits per heavy atom. The standard InChI is InChI=1S/C27H26N4O3/c1-20-26(27(32)28-23-13-7-4-8-14-23)31(34)25-18-22(15-16-24(25)30(20)33)19-29(2)17-9-12-21-10-5-3-6-11-21/h3-16,18H,17,19H2,1-2H3,(H,28,32)/b12-9+. The summed E-state index contributed by atoms with van der Waals surface area (Å²) in [6, 6.07) is 24.0. The van der Waals surface area contributed by atoms with Crippen LogP contribution in [-0.4, -0.2) is 29.1 Å². The molecule has 4 rings (SSSR count). The second kappa shape index (κ2) is 10.1. The monoisotopic (exact) mass is 454 g/mol. The summed E-state index contributed by atoms with van der Waals surface area (Å²) in [5.41, 5.74) is 2.75. The Hall–Kier alpha value is -4.23. The quantitative estimate of drug-likeness (QED) is 0.414. The molecule has 0 spiro atoms. The zero-order valence-corrected chi connectivity index (χ0v) is 19.1. The molecule has 1 N–H and O–H groups in total. The van der Waals surface area contributed by atoms with E-state index < -0.39 is 5.91 Å². The normalized spacial score (nSPS) is 11.4. The van der Waals surface area contributed by atoms with E-state index in [-0.39, 0.29) is 22.4 Å². The maximum Gasteiger partial charge on any atom is 0.346 e. The van der Waals surface area contributed by atoms with Crippen LogP contribution in [0.2, 0.25) is 0 Å². The van der Waals surface area contributed by atoms with Gasteiger partial charge in [-0.15, -0.1) is 0 Å². The molecule has 1 amide bonds. The van der Waals surface area contributed by atoms with Crippen molar-refractivity contribution in [2.45, 2.75) is 13.5 Å². The minimum Gasteiger partial charge on any atom is -0.805 e. The first-order valence-corrected chi connectivity index (χ1v) is 11.0. The van der Waals surface area contributed by atoms with Crippen molar-refractivity contribution in [1.29, 1.82) is 0 Å². The first-order valence-electron chi connectivity index (χ1n) is 11.0. The number of carbonyl (C=O) groups excluding carboxylic acids is 1. The first-order chi connectivity index (χ1) is 16.4. The number of aromatic nitrogens is 2. The Labute approximate surface area is 197 Å². The molecular formula is C27H26N4O3. The molecule has 0 atom stereocenters. The van der Waals surface area contributed by atoms with Crippen molar-refractivity contribution < 1.29 is 9.22 Å². The SMILES string of the molecule is Cc1c(C(=O)Nc2ccccc2)[n+](=O)c2cc(CN(C)C/C=C/c3ccccc3)ccc2n1[O-]. The molecule has 0 saturated carbocycles. The number of hydrogen-bond donors (Lipinski definition) is 1. The van der Waals surface area contributed by atoms with Crippen molar-refractivity contribution >= 4 is 28.7 Å². The molecule has 1 heterocycles. The summed E-state index contributed by atoms with van der Waals surface area (Å²) < 4.78 is 1.19. The summed E-state index contributed by atoms with van der Waals surface area (Å²) in [6.07, 6.45) is 4.13. The van der Waals surface area contributed by atoms with Crippen LogP contribution < -0.4 is 9.74 Å². The lowest BCUT2D eigenvalue weighted by Gasteiger charge is -2.18. The van der Waals surface area contributed by atoms with E-state index in [1.807, 2.05) is 49.5 Å². The van der Waals surface area contributed by atoms with E-state index in [9.17, 15) is 14.9 Å². The van der Waals surface area contributed by atoms with Gasteiger partial charge in [-0.2, -0.15) is 0 Å². The predicted molar refractivity (Wildman–Crippen MR) is 135 cm³/mol. The third kappa shape index (κ3) is 5.05. The molecule has 4 aromatic rings. The maximum atomic E-state index is 13.2. The fourth-order valence-corrected chi connectivity index (χ4v) is 3.82. The molecule has 172 valence electrons. The minimum atomic E-state index is -0.626. The van der Waals surface area contributed by atoms with Crippen LogP contribution in [0, 0.1) is 17.0 Å². The molecule has 0 aliphatic carbocycles. The maximum absolute atomic E-state index is 13.2. The van der Waals surface area contributed by atoms with Crippen LogP contribution in [-0.2, 0) is 6.54 Å².